The van der Waals surface area contributed by atoms with Crippen molar-refractivity contribution in [1.29, 1.82) is 0 Å². The van der Waals surface area contributed by atoms with Crippen LogP contribution in [0.5, 0.6) is 5.75 Å². The van der Waals surface area contributed by atoms with Gasteiger partial charge in [-0.25, -0.2) is 4.79 Å². The van der Waals surface area contributed by atoms with E-state index in [0.29, 0.717) is 0 Å². The third-order valence-electron chi connectivity index (χ3n) is 6.17. The number of rotatable bonds is 2. The van der Waals surface area contributed by atoms with Crippen LogP contribution >= 0.6 is 0 Å². The highest BCUT2D eigenvalue weighted by Gasteiger charge is 2.48. The number of piperidine rings is 1. The first-order valence-corrected chi connectivity index (χ1v) is 10.5. The molecule has 3 heterocycles. The second-order valence-corrected chi connectivity index (χ2v) is 10.5. The van der Waals surface area contributed by atoms with Gasteiger partial charge in [0.2, 0.25) is 0 Å². The molecule has 160 valence electrons. The number of anilines is 2. The Labute approximate surface area is 172 Å². The van der Waals surface area contributed by atoms with Gasteiger partial charge in [-0.05, 0) is 53.5 Å². The van der Waals surface area contributed by atoms with E-state index in [2.05, 4.69) is 30.3 Å². The number of carbonyl (C=O) groups excluding carboxylic acids is 1. The average Bonchev–Trinajstić information content (AvgIpc) is 2.89. The van der Waals surface area contributed by atoms with Crippen molar-refractivity contribution in [3.05, 3.63) is 17.7 Å². The number of carbonyl (C=O) groups is 1. The molecule has 1 spiro atoms. The van der Waals surface area contributed by atoms with Crippen molar-refractivity contribution in [2.75, 3.05) is 36.6 Å². The number of fused-ring (bicyclic) bond motifs is 1. The van der Waals surface area contributed by atoms with Crippen molar-refractivity contribution in [2.24, 2.45) is 5.41 Å². The molecule has 7 heteroatoms. The first kappa shape index (κ1) is 20.1. The highest BCUT2D eigenvalue weighted by molar-refractivity contribution is 5.74. The molecule has 0 aromatic heterocycles. The maximum Gasteiger partial charge on any atom is 0.410 e. The second kappa shape index (κ2) is 6.69. The van der Waals surface area contributed by atoms with Gasteiger partial charge in [-0.2, -0.15) is 0 Å². The standard InChI is InChI=1S/C22H33N3O4/c1-20(2,3)29-19(26)25-13-22(14-25)6-8-24(9-7-22)17-11-18-15(10-16(17)23-27)12-21(4,5)28-18/h10-11,23,27H,6-9,12-14H2,1-5H3. The van der Waals surface area contributed by atoms with Gasteiger partial charge < -0.3 is 19.3 Å². The molecule has 1 aromatic carbocycles. The zero-order valence-electron chi connectivity index (χ0n) is 18.2. The molecule has 0 aliphatic carbocycles. The molecule has 2 fully saturated rings. The van der Waals surface area contributed by atoms with E-state index in [1.165, 1.54) is 0 Å². The zero-order valence-corrected chi connectivity index (χ0v) is 18.2. The molecule has 0 unspecified atom stereocenters. The molecule has 1 aromatic rings. The minimum Gasteiger partial charge on any atom is -0.487 e. The Bertz CT molecular complexity index is 799. The summed E-state index contributed by atoms with van der Waals surface area (Å²) in [5, 5.41) is 9.68. The van der Waals surface area contributed by atoms with Gasteiger partial charge in [0.25, 0.3) is 0 Å². The van der Waals surface area contributed by atoms with Crippen LogP contribution in [0.2, 0.25) is 0 Å². The summed E-state index contributed by atoms with van der Waals surface area (Å²) in [7, 11) is 0. The summed E-state index contributed by atoms with van der Waals surface area (Å²) in [4.78, 5) is 16.4. The van der Waals surface area contributed by atoms with Crippen molar-refractivity contribution < 1.29 is 19.5 Å². The maximum atomic E-state index is 12.2. The van der Waals surface area contributed by atoms with Crippen LogP contribution in [0.1, 0.15) is 53.0 Å². The summed E-state index contributed by atoms with van der Waals surface area (Å²) in [6.07, 6.45) is 2.65. The predicted octanol–water partition coefficient (Wildman–Crippen LogP) is 4.04. The van der Waals surface area contributed by atoms with E-state index in [0.717, 1.165) is 68.1 Å². The number of nitrogens with zero attached hydrogens (tertiary/aromatic N) is 2. The number of benzene rings is 1. The smallest absolute Gasteiger partial charge is 0.410 e. The zero-order chi connectivity index (χ0) is 21.0. The number of likely N-dealkylation sites (tertiary alicyclic amines) is 1. The van der Waals surface area contributed by atoms with E-state index >= 15 is 0 Å². The Balaban J connectivity index is 1.39. The highest BCUT2D eigenvalue weighted by Crippen LogP contribution is 2.45. The lowest BCUT2D eigenvalue weighted by Crippen LogP contribution is -2.62. The van der Waals surface area contributed by atoms with Crippen LogP contribution in [0.4, 0.5) is 16.2 Å². The minimum absolute atomic E-state index is 0.190. The van der Waals surface area contributed by atoms with Gasteiger partial charge in [0, 0.05) is 49.6 Å². The molecule has 29 heavy (non-hydrogen) atoms. The summed E-state index contributed by atoms with van der Waals surface area (Å²) >= 11 is 0. The first-order chi connectivity index (χ1) is 13.5. The highest BCUT2D eigenvalue weighted by atomic mass is 16.6. The van der Waals surface area contributed by atoms with E-state index in [4.69, 9.17) is 9.47 Å². The summed E-state index contributed by atoms with van der Waals surface area (Å²) in [6.45, 7) is 13.2. The lowest BCUT2D eigenvalue weighted by Gasteiger charge is -2.54. The fraction of sp³-hybridized carbons (Fsp3) is 0.682. The maximum absolute atomic E-state index is 12.2. The minimum atomic E-state index is -0.457. The molecule has 1 amide bonds. The van der Waals surface area contributed by atoms with Crippen LogP contribution in [0.25, 0.3) is 0 Å². The second-order valence-electron chi connectivity index (χ2n) is 10.5. The van der Waals surface area contributed by atoms with Crippen molar-refractivity contribution in [1.82, 2.24) is 4.90 Å². The normalized spacial score (nSPS) is 22.0. The van der Waals surface area contributed by atoms with Crippen LogP contribution in [0, 0.1) is 5.41 Å². The van der Waals surface area contributed by atoms with Crippen LogP contribution in [-0.4, -0.2) is 53.6 Å². The lowest BCUT2D eigenvalue weighted by molar-refractivity contribution is -0.0434. The molecule has 0 atom stereocenters. The van der Waals surface area contributed by atoms with Crippen LogP contribution < -0.4 is 15.1 Å². The Kier molecular flexibility index (Phi) is 4.64. The van der Waals surface area contributed by atoms with Crippen LogP contribution in [-0.2, 0) is 11.2 Å². The van der Waals surface area contributed by atoms with E-state index in [1.54, 1.807) is 0 Å². The monoisotopic (exact) mass is 403 g/mol. The van der Waals surface area contributed by atoms with Crippen LogP contribution in [0.15, 0.2) is 12.1 Å². The molecule has 0 bridgehead atoms. The van der Waals surface area contributed by atoms with Crippen molar-refractivity contribution >= 4 is 17.5 Å². The summed E-state index contributed by atoms with van der Waals surface area (Å²) < 4.78 is 11.6. The SMILES string of the molecule is CC(C)(C)OC(=O)N1CC2(CCN(c3cc4c(cc3NO)CC(C)(C)O4)CC2)C1. The third kappa shape index (κ3) is 3.97. The van der Waals surface area contributed by atoms with Crippen LogP contribution in [0.3, 0.4) is 0 Å². The molecular weight excluding hydrogens is 370 g/mol. The average molecular weight is 404 g/mol. The van der Waals surface area contributed by atoms with E-state index in [9.17, 15) is 10.0 Å². The van der Waals surface area contributed by atoms with Gasteiger partial charge in [-0.1, -0.05) is 0 Å². The number of nitrogens with one attached hydrogen (secondary N) is 1. The summed E-state index contributed by atoms with van der Waals surface area (Å²) in [5.41, 5.74) is 4.72. The molecule has 7 nitrogen and oxygen atoms in total. The van der Waals surface area contributed by atoms with Gasteiger partial charge in [-0.15, -0.1) is 0 Å². The molecule has 0 saturated carbocycles. The van der Waals surface area contributed by atoms with Gasteiger partial charge >= 0.3 is 6.09 Å². The largest absolute Gasteiger partial charge is 0.487 e. The Morgan fingerprint density at radius 2 is 1.86 bits per heavy atom. The number of ether oxygens (including phenoxy) is 2. The molecule has 3 aliphatic rings. The van der Waals surface area contributed by atoms with Crippen molar-refractivity contribution in [2.45, 2.75) is 65.1 Å². The molecule has 0 radical (unpaired) electrons. The molecule has 4 rings (SSSR count). The van der Waals surface area contributed by atoms with E-state index < -0.39 is 5.60 Å². The molecule has 2 saturated heterocycles. The van der Waals surface area contributed by atoms with Crippen molar-refractivity contribution in [3.8, 4) is 5.75 Å². The molecular formula is C22H33N3O4. The first-order valence-electron chi connectivity index (χ1n) is 10.5. The summed E-state index contributed by atoms with van der Waals surface area (Å²) in [6, 6.07) is 4.05. The van der Waals surface area contributed by atoms with E-state index in [-0.39, 0.29) is 17.1 Å². The van der Waals surface area contributed by atoms with Gasteiger partial charge in [0.1, 0.15) is 17.0 Å². The summed E-state index contributed by atoms with van der Waals surface area (Å²) in [5.74, 6) is 0.907. The fourth-order valence-electron chi connectivity index (χ4n) is 4.75. The fourth-order valence-corrected chi connectivity index (χ4v) is 4.75. The number of hydrogen-bond donors (Lipinski definition) is 2. The molecule has 3 aliphatic heterocycles. The predicted molar refractivity (Wildman–Crippen MR) is 112 cm³/mol. The number of amides is 1. The van der Waals surface area contributed by atoms with Gasteiger partial charge in [-0.3, -0.25) is 10.7 Å². The number of hydrogen-bond acceptors (Lipinski definition) is 6. The third-order valence-corrected chi connectivity index (χ3v) is 6.17. The van der Waals surface area contributed by atoms with Gasteiger partial charge in [0.15, 0.2) is 0 Å². The lowest BCUT2D eigenvalue weighted by atomic mass is 9.72. The van der Waals surface area contributed by atoms with E-state index in [1.807, 2.05) is 31.7 Å². The topological polar surface area (TPSA) is 74.3 Å². The molecule has 2 N–H and O–H groups in total. The Morgan fingerprint density at radius 1 is 1.21 bits per heavy atom. The quantitative estimate of drug-likeness (QED) is 0.726. The van der Waals surface area contributed by atoms with Gasteiger partial charge in [0.05, 0.1) is 11.4 Å². The Hall–Kier alpha value is -2.15. The Morgan fingerprint density at radius 3 is 2.45 bits per heavy atom. The van der Waals surface area contributed by atoms with Crippen molar-refractivity contribution in [3.63, 3.8) is 0 Å².